The maximum absolute atomic E-state index is 4.18. The molecule has 88 valence electrons. The summed E-state index contributed by atoms with van der Waals surface area (Å²) < 4.78 is 0. The molecule has 4 nitrogen and oxygen atoms in total. The highest BCUT2D eigenvalue weighted by molar-refractivity contribution is 5.69. The van der Waals surface area contributed by atoms with E-state index in [-0.39, 0.29) is 0 Å². The van der Waals surface area contributed by atoms with Crippen molar-refractivity contribution in [3.63, 3.8) is 0 Å². The van der Waals surface area contributed by atoms with Crippen LogP contribution < -0.4 is 10.2 Å². The van der Waals surface area contributed by atoms with Crippen LogP contribution in [0.5, 0.6) is 0 Å². The molecule has 2 rings (SSSR count). The van der Waals surface area contributed by atoms with Gasteiger partial charge in [-0.2, -0.15) is 0 Å². The molecule has 1 aromatic heterocycles. The number of para-hydroxylation sites is 2. The fourth-order valence-electron chi connectivity index (χ4n) is 1.61. The maximum atomic E-state index is 4.18. The lowest BCUT2D eigenvalue weighted by molar-refractivity contribution is 0.946. The molecule has 17 heavy (non-hydrogen) atoms. The Bertz CT molecular complexity index is 468. The van der Waals surface area contributed by atoms with E-state index >= 15 is 0 Å². The average Bonchev–Trinajstić information content (AvgIpc) is 2.38. The molecule has 0 spiro atoms. The third-order valence-corrected chi connectivity index (χ3v) is 2.44. The lowest BCUT2D eigenvalue weighted by Gasteiger charge is -2.17. The van der Waals surface area contributed by atoms with E-state index in [4.69, 9.17) is 0 Å². The largest absolute Gasteiger partial charge is 0.376 e. The third-order valence-electron chi connectivity index (χ3n) is 2.44. The highest BCUT2D eigenvalue weighted by Crippen LogP contribution is 2.23. The van der Waals surface area contributed by atoms with Crippen molar-refractivity contribution >= 4 is 11.4 Å². The van der Waals surface area contributed by atoms with Gasteiger partial charge in [-0.15, -0.1) is 0 Å². The van der Waals surface area contributed by atoms with Crippen LogP contribution in [-0.2, 0) is 6.54 Å². The molecule has 0 amide bonds. The molecule has 0 radical (unpaired) electrons. The summed E-state index contributed by atoms with van der Waals surface area (Å²) in [6.07, 6.45) is 3.50. The minimum atomic E-state index is 0.631. The van der Waals surface area contributed by atoms with Crippen LogP contribution in [0, 0.1) is 0 Å². The van der Waals surface area contributed by atoms with Gasteiger partial charge in [-0.1, -0.05) is 12.1 Å². The Morgan fingerprint density at radius 3 is 2.47 bits per heavy atom. The Morgan fingerprint density at radius 1 is 1.06 bits per heavy atom. The summed E-state index contributed by atoms with van der Waals surface area (Å²) in [5, 5.41) is 3.34. The van der Waals surface area contributed by atoms with E-state index in [0.717, 1.165) is 17.2 Å². The van der Waals surface area contributed by atoms with Crippen molar-refractivity contribution in [3.8, 4) is 0 Å². The van der Waals surface area contributed by atoms with Gasteiger partial charge in [-0.3, -0.25) is 0 Å². The van der Waals surface area contributed by atoms with Crippen LogP contribution in [0.2, 0.25) is 0 Å². The molecule has 0 aliphatic heterocycles. The average molecular weight is 228 g/mol. The maximum Gasteiger partial charge on any atom is 0.147 e. The number of hydrogen-bond acceptors (Lipinski definition) is 4. The van der Waals surface area contributed by atoms with Gasteiger partial charge >= 0.3 is 0 Å². The standard InChI is InChI=1S/C13H16N4/c1-17(2)12-7-4-3-6-11(12)16-10-13-14-8-5-9-15-13/h3-9,16H,10H2,1-2H3. The predicted octanol–water partition coefficient (Wildman–Crippen LogP) is 2.15. The molecule has 0 aliphatic rings. The lowest BCUT2D eigenvalue weighted by Crippen LogP contribution is -2.12. The quantitative estimate of drug-likeness (QED) is 0.870. The number of nitrogens with one attached hydrogen (secondary N) is 1. The van der Waals surface area contributed by atoms with Crippen molar-refractivity contribution in [2.75, 3.05) is 24.3 Å². The van der Waals surface area contributed by atoms with E-state index in [0.29, 0.717) is 6.54 Å². The van der Waals surface area contributed by atoms with E-state index < -0.39 is 0 Å². The Balaban J connectivity index is 2.09. The number of anilines is 2. The van der Waals surface area contributed by atoms with Crippen LogP contribution in [0.1, 0.15) is 5.82 Å². The van der Waals surface area contributed by atoms with E-state index in [1.807, 2.05) is 32.3 Å². The van der Waals surface area contributed by atoms with Gasteiger partial charge in [0, 0.05) is 26.5 Å². The van der Waals surface area contributed by atoms with Crippen LogP contribution in [-0.4, -0.2) is 24.1 Å². The first-order valence-corrected chi connectivity index (χ1v) is 5.53. The van der Waals surface area contributed by atoms with Gasteiger partial charge in [0.05, 0.1) is 17.9 Å². The van der Waals surface area contributed by atoms with Gasteiger partial charge in [0.15, 0.2) is 0 Å². The fraction of sp³-hybridized carbons (Fsp3) is 0.231. The second kappa shape index (κ2) is 5.30. The zero-order valence-corrected chi connectivity index (χ0v) is 10.1. The van der Waals surface area contributed by atoms with Gasteiger partial charge in [0.2, 0.25) is 0 Å². The van der Waals surface area contributed by atoms with Gasteiger partial charge in [-0.05, 0) is 18.2 Å². The van der Waals surface area contributed by atoms with E-state index in [9.17, 15) is 0 Å². The van der Waals surface area contributed by atoms with E-state index in [1.54, 1.807) is 12.4 Å². The molecule has 0 atom stereocenters. The molecule has 0 bridgehead atoms. The van der Waals surface area contributed by atoms with Crippen LogP contribution in [0.25, 0.3) is 0 Å². The summed E-state index contributed by atoms with van der Waals surface area (Å²) in [7, 11) is 4.05. The van der Waals surface area contributed by atoms with Crippen LogP contribution in [0.3, 0.4) is 0 Å². The van der Waals surface area contributed by atoms with Crippen LogP contribution in [0.4, 0.5) is 11.4 Å². The molecule has 0 saturated carbocycles. The molecular formula is C13H16N4. The lowest BCUT2D eigenvalue weighted by atomic mass is 10.2. The number of benzene rings is 1. The molecule has 1 N–H and O–H groups in total. The molecule has 1 heterocycles. The minimum Gasteiger partial charge on any atom is -0.376 e. The molecule has 0 unspecified atom stereocenters. The molecular weight excluding hydrogens is 212 g/mol. The minimum absolute atomic E-state index is 0.631. The first-order valence-electron chi connectivity index (χ1n) is 5.53. The summed E-state index contributed by atoms with van der Waals surface area (Å²) in [6, 6.07) is 9.99. The van der Waals surface area contributed by atoms with Gasteiger partial charge in [-0.25, -0.2) is 9.97 Å². The Hall–Kier alpha value is -2.10. The van der Waals surface area contributed by atoms with Crippen molar-refractivity contribution in [2.24, 2.45) is 0 Å². The van der Waals surface area contributed by atoms with Crippen molar-refractivity contribution in [3.05, 3.63) is 48.5 Å². The van der Waals surface area contributed by atoms with Crippen LogP contribution in [0.15, 0.2) is 42.7 Å². The highest BCUT2D eigenvalue weighted by Gasteiger charge is 2.03. The smallest absolute Gasteiger partial charge is 0.147 e. The number of nitrogens with zero attached hydrogens (tertiary/aromatic N) is 3. The molecule has 0 aliphatic carbocycles. The topological polar surface area (TPSA) is 41.0 Å². The first kappa shape index (κ1) is 11.4. The normalized spacial score (nSPS) is 10.0. The van der Waals surface area contributed by atoms with Crippen molar-refractivity contribution in [1.29, 1.82) is 0 Å². The van der Waals surface area contributed by atoms with Crippen molar-refractivity contribution in [1.82, 2.24) is 9.97 Å². The molecule has 0 saturated heterocycles. The van der Waals surface area contributed by atoms with Gasteiger partial charge < -0.3 is 10.2 Å². The van der Waals surface area contributed by atoms with Gasteiger partial charge in [0.25, 0.3) is 0 Å². The molecule has 4 heteroatoms. The summed E-state index contributed by atoms with van der Waals surface area (Å²) in [5.74, 6) is 0.793. The summed E-state index contributed by atoms with van der Waals surface area (Å²) in [6.45, 7) is 0.631. The Morgan fingerprint density at radius 2 is 1.76 bits per heavy atom. The summed E-state index contributed by atoms with van der Waals surface area (Å²) in [5.41, 5.74) is 2.24. The van der Waals surface area contributed by atoms with E-state index in [2.05, 4.69) is 32.3 Å². The first-order chi connectivity index (χ1) is 8.27. The van der Waals surface area contributed by atoms with Crippen molar-refractivity contribution < 1.29 is 0 Å². The zero-order chi connectivity index (χ0) is 12.1. The van der Waals surface area contributed by atoms with Crippen LogP contribution >= 0.6 is 0 Å². The summed E-state index contributed by atoms with van der Waals surface area (Å²) in [4.78, 5) is 10.4. The van der Waals surface area contributed by atoms with E-state index in [1.165, 1.54) is 0 Å². The second-order valence-corrected chi connectivity index (χ2v) is 3.93. The predicted molar refractivity (Wildman–Crippen MR) is 70.1 cm³/mol. The monoisotopic (exact) mass is 228 g/mol. The van der Waals surface area contributed by atoms with Gasteiger partial charge in [0.1, 0.15) is 5.82 Å². The Kier molecular flexibility index (Phi) is 3.55. The summed E-state index contributed by atoms with van der Waals surface area (Å²) >= 11 is 0. The second-order valence-electron chi connectivity index (χ2n) is 3.93. The Labute approximate surface area is 101 Å². The zero-order valence-electron chi connectivity index (χ0n) is 10.1. The van der Waals surface area contributed by atoms with Crippen molar-refractivity contribution in [2.45, 2.75) is 6.54 Å². The molecule has 2 aromatic rings. The third kappa shape index (κ3) is 2.93. The number of rotatable bonds is 4. The number of aromatic nitrogens is 2. The molecule has 1 aromatic carbocycles. The highest BCUT2D eigenvalue weighted by atomic mass is 15.1. The fourth-order valence-corrected chi connectivity index (χ4v) is 1.61. The SMILES string of the molecule is CN(C)c1ccccc1NCc1ncccn1. The number of hydrogen-bond donors (Lipinski definition) is 1. The molecule has 0 fully saturated rings.